The van der Waals surface area contributed by atoms with Crippen LogP contribution >= 0.6 is 0 Å². The summed E-state index contributed by atoms with van der Waals surface area (Å²) < 4.78 is 1.60. The average Bonchev–Trinajstić information content (AvgIpc) is 2.51. The summed E-state index contributed by atoms with van der Waals surface area (Å²) in [5, 5.41) is 16.1. The molecule has 1 atom stereocenters. The zero-order chi connectivity index (χ0) is 11.3. The number of aliphatic hydroxyl groups excluding tert-OH is 1. The van der Waals surface area contributed by atoms with Gasteiger partial charge in [-0.15, -0.1) is 0 Å². The third kappa shape index (κ3) is 4.09. The lowest BCUT2D eigenvalue weighted by Crippen LogP contribution is -2.29. The van der Waals surface area contributed by atoms with Gasteiger partial charge in [0.05, 0.1) is 12.6 Å². The summed E-state index contributed by atoms with van der Waals surface area (Å²) in [7, 11) is 3.79. The van der Waals surface area contributed by atoms with Crippen LogP contribution in [0.3, 0.4) is 0 Å². The summed E-state index contributed by atoms with van der Waals surface area (Å²) in [5.41, 5.74) is 0. The van der Waals surface area contributed by atoms with Crippen LogP contribution in [-0.2, 0) is 11.3 Å². The molecule has 0 radical (unpaired) electrons. The number of rotatable bonds is 6. The Balaban J connectivity index is 2.45. The van der Waals surface area contributed by atoms with E-state index in [4.69, 9.17) is 0 Å². The number of hydrogen-bond donors (Lipinski definition) is 2. The minimum Gasteiger partial charge on any atom is -0.390 e. The van der Waals surface area contributed by atoms with E-state index in [2.05, 4.69) is 10.4 Å². The summed E-state index contributed by atoms with van der Waals surface area (Å²) in [6.45, 7) is 0.995. The van der Waals surface area contributed by atoms with Crippen molar-refractivity contribution in [3.63, 3.8) is 0 Å². The molecule has 1 unspecified atom stereocenters. The first-order valence-electron chi connectivity index (χ1n) is 4.68. The van der Waals surface area contributed by atoms with E-state index < -0.39 is 6.10 Å². The Morgan fingerprint density at radius 3 is 3.07 bits per heavy atom. The second kappa shape index (κ2) is 5.47. The highest BCUT2D eigenvalue weighted by atomic mass is 16.3. The van der Waals surface area contributed by atoms with Crippen LogP contribution in [0.2, 0.25) is 0 Å². The molecule has 0 saturated carbocycles. The van der Waals surface area contributed by atoms with Gasteiger partial charge in [-0.3, -0.25) is 9.48 Å². The highest BCUT2D eigenvalue weighted by molar-refractivity contribution is 5.68. The molecule has 0 aromatic carbocycles. The fourth-order valence-corrected chi connectivity index (χ4v) is 1.30. The quantitative estimate of drug-likeness (QED) is 0.616. The Morgan fingerprint density at radius 1 is 1.73 bits per heavy atom. The number of carbonyl (C=O) groups is 1. The minimum atomic E-state index is -0.469. The van der Waals surface area contributed by atoms with E-state index in [9.17, 15) is 9.90 Å². The monoisotopic (exact) mass is 212 g/mol. The second-order valence-corrected chi connectivity index (χ2v) is 3.60. The number of aliphatic hydroxyl groups is 1. The minimum absolute atomic E-state index is 0.415. The zero-order valence-electron chi connectivity index (χ0n) is 8.92. The van der Waals surface area contributed by atoms with E-state index in [-0.39, 0.29) is 0 Å². The Kier molecular flexibility index (Phi) is 4.26. The normalized spacial score (nSPS) is 12.8. The van der Waals surface area contributed by atoms with Crippen LogP contribution in [0.1, 0.15) is 0 Å². The van der Waals surface area contributed by atoms with E-state index in [1.807, 2.05) is 19.0 Å². The molecule has 2 N–H and O–H groups in total. The van der Waals surface area contributed by atoms with Crippen LogP contribution < -0.4 is 5.32 Å². The molecule has 6 nitrogen and oxygen atoms in total. The molecular weight excluding hydrogens is 196 g/mol. The van der Waals surface area contributed by atoms with E-state index in [0.717, 1.165) is 0 Å². The predicted molar refractivity (Wildman–Crippen MR) is 56.5 cm³/mol. The van der Waals surface area contributed by atoms with Gasteiger partial charge >= 0.3 is 0 Å². The van der Waals surface area contributed by atoms with Crippen LogP contribution in [0.15, 0.2) is 12.3 Å². The summed E-state index contributed by atoms with van der Waals surface area (Å²) in [6, 6.07) is 1.68. The molecule has 1 heterocycles. The SMILES string of the molecule is CN(C)CC(O)Cn1ccc(NC=O)n1. The largest absolute Gasteiger partial charge is 0.390 e. The summed E-state index contributed by atoms with van der Waals surface area (Å²) in [6.07, 6.45) is 1.82. The highest BCUT2D eigenvalue weighted by Gasteiger charge is 2.07. The van der Waals surface area contributed by atoms with Gasteiger partial charge in [0.15, 0.2) is 5.82 Å². The van der Waals surface area contributed by atoms with Gasteiger partial charge in [0.25, 0.3) is 0 Å². The fraction of sp³-hybridized carbons (Fsp3) is 0.556. The van der Waals surface area contributed by atoms with E-state index >= 15 is 0 Å². The average molecular weight is 212 g/mol. The van der Waals surface area contributed by atoms with Crippen LogP contribution in [0.25, 0.3) is 0 Å². The molecule has 15 heavy (non-hydrogen) atoms. The maximum atomic E-state index is 10.1. The van der Waals surface area contributed by atoms with E-state index in [1.54, 1.807) is 16.9 Å². The Morgan fingerprint density at radius 2 is 2.47 bits per heavy atom. The fourth-order valence-electron chi connectivity index (χ4n) is 1.30. The molecule has 0 saturated heterocycles. The molecule has 1 amide bonds. The number of nitrogens with one attached hydrogen (secondary N) is 1. The maximum Gasteiger partial charge on any atom is 0.212 e. The second-order valence-electron chi connectivity index (χ2n) is 3.60. The number of aromatic nitrogens is 2. The van der Waals surface area contributed by atoms with Crippen molar-refractivity contribution < 1.29 is 9.90 Å². The van der Waals surface area contributed by atoms with Crippen molar-refractivity contribution in [2.24, 2.45) is 0 Å². The Hall–Kier alpha value is -1.40. The molecule has 0 aliphatic rings. The number of amides is 1. The van der Waals surface area contributed by atoms with E-state index in [1.165, 1.54) is 0 Å². The zero-order valence-corrected chi connectivity index (χ0v) is 8.92. The Bertz CT molecular complexity index is 311. The van der Waals surface area contributed by atoms with Crippen LogP contribution in [-0.4, -0.2) is 52.9 Å². The van der Waals surface area contributed by atoms with Crippen molar-refractivity contribution in [2.75, 3.05) is 26.0 Å². The number of nitrogens with zero attached hydrogens (tertiary/aromatic N) is 3. The molecule has 1 aromatic heterocycles. The molecule has 0 aliphatic heterocycles. The van der Waals surface area contributed by atoms with Crippen molar-refractivity contribution >= 4 is 12.2 Å². The van der Waals surface area contributed by atoms with Gasteiger partial charge in [0.2, 0.25) is 6.41 Å². The number of anilines is 1. The summed E-state index contributed by atoms with van der Waals surface area (Å²) >= 11 is 0. The lowest BCUT2D eigenvalue weighted by Gasteiger charge is -2.15. The van der Waals surface area contributed by atoms with Gasteiger partial charge < -0.3 is 15.3 Å². The number of carbonyl (C=O) groups excluding carboxylic acids is 1. The van der Waals surface area contributed by atoms with Crippen molar-refractivity contribution in [3.05, 3.63) is 12.3 Å². The third-order valence-corrected chi connectivity index (χ3v) is 1.82. The van der Waals surface area contributed by atoms with Gasteiger partial charge in [0, 0.05) is 18.8 Å². The lowest BCUT2D eigenvalue weighted by molar-refractivity contribution is -0.105. The van der Waals surface area contributed by atoms with E-state index in [0.29, 0.717) is 25.3 Å². The number of hydrogen-bond acceptors (Lipinski definition) is 4. The maximum absolute atomic E-state index is 10.1. The van der Waals surface area contributed by atoms with Gasteiger partial charge in [-0.05, 0) is 14.1 Å². The summed E-state index contributed by atoms with van der Waals surface area (Å²) in [4.78, 5) is 12.0. The molecule has 1 rings (SSSR count). The molecule has 1 aromatic rings. The van der Waals surface area contributed by atoms with Gasteiger partial charge in [0.1, 0.15) is 0 Å². The molecule has 0 bridgehead atoms. The standard InChI is InChI=1S/C9H16N4O2/c1-12(2)5-8(15)6-13-4-3-9(11-13)10-7-14/h3-4,7-8,15H,5-6H2,1-2H3,(H,10,11,14). The van der Waals surface area contributed by atoms with Gasteiger partial charge in [-0.25, -0.2) is 0 Å². The van der Waals surface area contributed by atoms with Crippen LogP contribution in [0.5, 0.6) is 0 Å². The first kappa shape index (κ1) is 11.7. The van der Waals surface area contributed by atoms with Crippen molar-refractivity contribution in [1.82, 2.24) is 14.7 Å². The topological polar surface area (TPSA) is 70.4 Å². The van der Waals surface area contributed by atoms with Gasteiger partial charge in [-0.2, -0.15) is 5.10 Å². The first-order valence-corrected chi connectivity index (χ1v) is 4.68. The molecule has 6 heteroatoms. The summed E-state index contributed by atoms with van der Waals surface area (Å²) in [5.74, 6) is 0.488. The molecule has 0 fully saturated rings. The predicted octanol–water partition coefficient (Wildman–Crippen LogP) is -0.626. The highest BCUT2D eigenvalue weighted by Crippen LogP contribution is 2.01. The van der Waals surface area contributed by atoms with Gasteiger partial charge in [-0.1, -0.05) is 0 Å². The van der Waals surface area contributed by atoms with Crippen molar-refractivity contribution in [2.45, 2.75) is 12.6 Å². The molecular formula is C9H16N4O2. The van der Waals surface area contributed by atoms with Crippen LogP contribution in [0.4, 0.5) is 5.82 Å². The first-order chi connectivity index (χ1) is 7.11. The molecule has 0 spiro atoms. The van der Waals surface area contributed by atoms with Crippen molar-refractivity contribution in [1.29, 1.82) is 0 Å². The molecule has 0 aliphatic carbocycles. The molecule has 84 valence electrons. The van der Waals surface area contributed by atoms with Crippen molar-refractivity contribution in [3.8, 4) is 0 Å². The number of likely N-dealkylation sites (N-methyl/N-ethyl adjacent to an activating group) is 1. The Labute approximate surface area is 88.5 Å². The smallest absolute Gasteiger partial charge is 0.212 e. The van der Waals surface area contributed by atoms with Crippen LogP contribution in [0, 0.1) is 0 Å². The lowest BCUT2D eigenvalue weighted by atomic mass is 10.3. The third-order valence-electron chi connectivity index (χ3n) is 1.82.